The Labute approximate surface area is 113 Å². The summed E-state index contributed by atoms with van der Waals surface area (Å²) >= 11 is 0. The fraction of sp³-hybridized carbons (Fsp3) is 0.583. The van der Waals surface area contributed by atoms with Gasteiger partial charge in [-0.05, 0) is 6.42 Å². The maximum Gasteiger partial charge on any atom is 0.320 e. The highest BCUT2D eigenvalue weighted by Crippen LogP contribution is 2.29. The smallest absolute Gasteiger partial charge is 0.320 e. The molecule has 0 unspecified atom stereocenters. The Hall–Kier alpha value is -2.05. The van der Waals surface area contributed by atoms with Gasteiger partial charge in [-0.15, -0.1) is 0 Å². The van der Waals surface area contributed by atoms with Gasteiger partial charge in [-0.2, -0.15) is 9.97 Å². The third-order valence-electron chi connectivity index (χ3n) is 2.59. The van der Waals surface area contributed by atoms with Crippen LogP contribution in [0.25, 0.3) is 0 Å². The normalized spacial score (nSPS) is 10.1. The Morgan fingerprint density at radius 2 is 2.21 bits per heavy atom. The molecule has 106 valence electrons. The number of aromatic nitrogens is 2. The average molecular weight is 267 g/mol. The molecule has 7 heteroatoms. The van der Waals surface area contributed by atoms with E-state index < -0.39 is 0 Å². The molecule has 0 amide bonds. The molecule has 0 fully saturated rings. The molecule has 0 bridgehead atoms. The minimum atomic E-state index is 0.222. The van der Waals surface area contributed by atoms with Crippen molar-refractivity contribution in [1.82, 2.24) is 9.97 Å². The molecule has 19 heavy (non-hydrogen) atoms. The van der Waals surface area contributed by atoms with Gasteiger partial charge in [0.05, 0.1) is 13.2 Å². The van der Waals surface area contributed by atoms with Crippen LogP contribution in [-0.4, -0.2) is 43.5 Å². The molecule has 1 rings (SSSR count). The lowest BCUT2D eigenvalue weighted by Crippen LogP contribution is -2.23. The fourth-order valence-corrected chi connectivity index (χ4v) is 1.53. The number of nitrogen functional groups attached to an aromatic ring is 1. The summed E-state index contributed by atoms with van der Waals surface area (Å²) in [5, 5.41) is 2.93. The van der Waals surface area contributed by atoms with Crippen molar-refractivity contribution in [2.45, 2.75) is 19.8 Å². The molecule has 1 heterocycles. The van der Waals surface area contributed by atoms with Crippen molar-refractivity contribution in [1.29, 1.82) is 0 Å². The number of nitrogens with two attached hydrogens (primary N) is 1. The number of hydrogen-bond acceptors (Lipinski definition) is 7. The summed E-state index contributed by atoms with van der Waals surface area (Å²) in [6.07, 6.45) is 2.76. The van der Waals surface area contributed by atoms with Crippen LogP contribution in [0.4, 0.5) is 17.3 Å². The molecule has 0 saturated carbocycles. The highest BCUT2D eigenvalue weighted by molar-refractivity contribution is 5.78. The Kier molecular flexibility index (Phi) is 5.84. The van der Waals surface area contributed by atoms with E-state index in [1.165, 1.54) is 0 Å². The second kappa shape index (κ2) is 7.40. The first kappa shape index (κ1) is 15.0. The van der Waals surface area contributed by atoms with E-state index in [4.69, 9.17) is 10.5 Å². The number of rotatable bonds is 8. The monoisotopic (exact) mass is 267 g/mol. The van der Waals surface area contributed by atoms with Crippen LogP contribution in [0.2, 0.25) is 0 Å². The predicted molar refractivity (Wildman–Crippen MR) is 75.7 cm³/mol. The molecule has 0 aliphatic heterocycles. The number of hydrogen-bond donors (Lipinski definition) is 2. The van der Waals surface area contributed by atoms with Crippen molar-refractivity contribution >= 4 is 23.6 Å². The summed E-state index contributed by atoms with van der Waals surface area (Å²) in [6.45, 7) is 2.84. The van der Waals surface area contributed by atoms with Crippen molar-refractivity contribution in [3.8, 4) is 6.01 Å². The van der Waals surface area contributed by atoms with Gasteiger partial charge in [-0.25, -0.2) is 0 Å². The predicted octanol–water partition coefficient (Wildman–Crippen LogP) is 0.914. The first-order valence-corrected chi connectivity index (χ1v) is 6.26. The SMILES string of the molecule is CCCCOc1nc(N)c(NC)c(N(C)CC=O)n1. The van der Waals surface area contributed by atoms with Gasteiger partial charge < -0.3 is 25.5 Å². The van der Waals surface area contributed by atoms with Gasteiger partial charge in [-0.1, -0.05) is 13.3 Å². The van der Waals surface area contributed by atoms with Crippen molar-refractivity contribution in [2.24, 2.45) is 0 Å². The Morgan fingerprint density at radius 1 is 1.47 bits per heavy atom. The first-order chi connectivity index (χ1) is 9.13. The average Bonchev–Trinajstić information content (AvgIpc) is 2.38. The summed E-state index contributed by atoms with van der Waals surface area (Å²) < 4.78 is 5.45. The van der Waals surface area contributed by atoms with Crippen LogP contribution < -0.4 is 20.7 Å². The summed E-state index contributed by atoms with van der Waals surface area (Å²) in [5.74, 6) is 0.852. The highest BCUT2D eigenvalue weighted by Gasteiger charge is 2.15. The maximum atomic E-state index is 10.6. The van der Waals surface area contributed by atoms with E-state index in [2.05, 4.69) is 22.2 Å². The van der Waals surface area contributed by atoms with Crippen molar-refractivity contribution in [2.75, 3.05) is 43.2 Å². The summed E-state index contributed by atoms with van der Waals surface area (Å²) in [6, 6.07) is 0.234. The van der Waals surface area contributed by atoms with Gasteiger partial charge in [0, 0.05) is 14.1 Å². The van der Waals surface area contributed by atoms with E-state index in [0.717, 1.165) is 19.1 Å². The quantitative estimate of drug-likeness (QED) is 0.534. The molecule has 0 saturated heterocycles. The highest BCUT2D eigenvalue weighted by atomic mass is 16.5. The number of ether oxygens (including phenoxy) is 1. The molecule has 1 aromatic rings. The van der Waals surface area contributed by atoms with Crippen LogP contribution in [0.15, 0.2) is 0 Å². The van der Waals surface area contributed by atoms with Crippen molar-refractivity contribution in [3.05, 3.63) is 0 Å². The first-order valence-electron chi connectivity index (χ1n) is 6.26. The van der Waals surface area contributed by atoms with Gasteiger partial charge in [0.1, 0.15) is 12.0 Å². The van der Waals surface area contributed by atoms with Crippen molar-refractivity contribution in [3.63, 3.8) is 0 Å². The van der Waals surface area contributed by atoms with Crippen LogP contribution >= 0.6 is 0 Å². The molecule has 1 aromatic heterocycles. The second-order valence-corrected chi connectivity index (χ2v) is 4.09. The van der Waals surface area contributed by atoms with E-state index in [0.29, 0.717) is 23.9 Å². The Balaban J connectivity index is 3.00. The zero-order valence-corrected chi connectivity index (χ0v) is 11.6. The molecule has 0 aromatic carbocycles. The molecule has 0 radical (unpaired) electrons. The minimum absolute atomic E-state index is 0.222. The molecule has 0 aliphatic rings. The third kappa shape index (κ3) is 3.97. The van der Waals surface area contributed by atoms with Gasteiger partial charge in [0.15, 0.2) is 11.6 Å². The summed E-state index contributed by atoms with van der Waals surface area (Å²) in [4.78, 5) is 20.7. The molecule has 0 spiro atoms. The maximum absolute atomic E-state index is 10.6. The van der Waals surface area contributed by atoms with E-state index in [1.807, 2.05) is 0 Å². The third-order valence-corrected chi connectivity index (χ3v) is 2.59. The van der Waals surface area contributed by atoms with Crippen LogP contribution in [0.1, 0.15) is 19.8 Å². The zero-order valence-electron chi connectivity index (χ0n) is 11.6. The van der Waals surface area contributed by atoms with Crippen LogP contribution in [-0.2, 0) is 4.79 Å². The number of nitrogens with zero attached hydrogens (tertiary/aromatic N) is 3. The molecule has 7 nitrogen and oxygen atoms in total. The van der Waals surface area contributed by atoms with E-state index in [1.54, 1.807) is 19.0 Å². The lowest BCUT2D eigenvalue weighted by atomic mass is 10.4. The van der Waals surface area contributed by atoms with E-state index in [9.17, 15) is 4.79 Å². The van der Waals surface area contributed by atoms with Gasteiger partial charge >= 0.3 is 6.01 Å². The number of nitrogens with one attached hydrogen (secondary N) is 1. The lowest BCUT2D eigenvalue weighted by Gasteiger charge is -2.20. The Bertz CT molecular complexity index is 425. The number of carbonyl (C=O) groups is 1. The standard InChI is InChI=1S/C12H21N5O2/c1-4-5-8-19-12-15-10(13)9(14-2)11(16-12)17(3)6-7-18/h7,14H,4-6,8H2,1-3H3,(H2,13,15,16). The number of unbranched alkanes of at least 4 members (excludes halogenated alkanes) is 1. The minimum Gasteiger partial charge on any atom is -0.463 e. The topological polar surface area (TPSA) is 93.4 Å². The lowest BCUT2D eigenvalue weighted by molar-refractivity contribution is -0.106. The largest absolute Gasteiger partial charge is 0.463 e. The molecular weight excluding hydrogens is 246 g/mol. The van der Waals surface area contributed by atoms with Gasteiger partial charge in [-0.3, -0.25) is 0 Å². The molecule has 0 aliphatic carbocycles. The van der Waals surface area contributed by atoms with E-state index in [-0.39, 0.29) is 12.6 Å². The summed E-state index contributed by atoms with van der Waals surface area (Å²) in [5.41, 5.74) is 6.45. The van der Waals surface area contributed by atoms with Crippen LogP contribution in [0.3, 0.4) is 0 Å². The van der Waals surface area contributed by atoms with E-state index >= 15 is 0 Å². The molecule has 0 atom stereocenters. The Morgan fingerprint density at radius 3 is 2.79 bits per heavy atom. The fourth-order valence-electron chi connectivity index (χ4n) is 1.53. The zero-order chi connectivity index (χ0) is 14.3. The molecule has 3 N–H and O–H groups in total. The summed E-state index contributed by atoms with van der Waals surface area (Å²) in [7, 11) is 3.48. The van der Waals surface area contributed by atoms with Crippen LogP contribution in [0.5, 0.6) is 6.01 Å². The molecular formula is C12H21N5O2. The number of likely N-dealkylation sites (N-methyl/N-ethyl adjacent to an activating group) is 1. The number of carbonyl (C=O) groups excluding carboxylic acids is 1. The van der Waals surface area contributed by atoms with Gasteiger partial charge in [0.25, 0.3) is 0 Å². The van der Waals surface area contributed by atoms with Crippen molar-refractivity contribution < 1.29 is 9.53 Å². The number of anilines is 3. The second-order valence-electron chi connectivity index (χ2n) is 4.09. The van der Waals surface area contributed by atoms with Crippen LogP contribution in [0, 0.1) is 0 Å². The number of aldehydes is 1. The van der Waals surface area contributed by atoms with Gasteiger partial charge in [0.2, 0.25) is 0 Å².